The van der Waals surface area contributed by atoms with Crippen LogP contribution < -0.4 is 21.7 Å². The van der Waals surface area contributed by atoms with Crippen molar-refractivity contribution in [3.63, 3.8) is 0 Å². The number of hydrogen-bond acceptors (Lipinski definition) is 4. The molecule has 1 aromatic heterocycles. The highest BCUT2D eigenvalue weighted by molar-refractivity contribution is 6.00. The van der Waals surface area contributed by atoms with Crippen LogP contribution in [0.4, 0.5) is 9.18 Å². The molecule has 2 heterocycles. The molecule has 1 aliphatic rings. The van der Waals surface area contributed by atoms with Crippen molar-refractivity contribution in [2.75, 3.05) is 0 Å². The molecule has 2 aromatic carbocycles. The number of nitrogens with one attached hydrogen (secondary N) is 3. The molecule has 5 N–H and O–H groups in total. The molecular weight excluding hydrogens is 423 g/mol. The first-order valence-electron chi connectivity index (χ1n) is 10.3. The molecule has 0 aliphatic carbocycles. The number of halogens is 1. The smallest absolute Gasteiger partial charge is 0.323 e. The molecule has 0 saturated heterocycles. The molecular formula is C24H23FN6O2. The van der Waals surface area contributed by atoms with Gasteiger partial charge < -0.3 is 21.7 Å². The van der Waals surface area contributed by atoms with Crippen LogP contribution in [0.25, 0.3) is 11.1 Å². The summed E-state index contributed by atoms with van der Waals surface area (Å²) in [5.74, 6) is -0.780. The third-order valence-electron chi connectivity index (χ3n) is 5.28. The number of urea groups is 1. The van der Waals surface area contributed by atoms with Crippen LogP contribution >= 0.6 is 0 Å². The van der Waals surface area contributed by atoms with Gasteiger partial charge in [-0.25, -0.2) is 9.18 Å². The van der Waals surface area contributed by atoms with Crippen LogP contribution in [-0.2, 0) is 11.3 Å². The number of hydrogen-bond donors (Lipinski definition) is 4. The Morgan fingerprint density at radius 1 is 1.21 bits per heavy atom. The first-order chi connectivity index (χ1) is 15.8. The Morgan fingerprint density at radius 2 is 1.97 bits per heavy atom. The summed E-state index contributed by atoms with van der Waals surface area (Å²) in [6.45, 7) is 5.99. The molecule has 4 rings (SSSR count). The third-order valence-corrected chi connectivity index (χ3v) is 5.28. The Bertz CT molecular complexity index is 1260. The molecule has 3 aromatic rings. The van der Waals surface area contributed by atoms with Gasteiger partial charge in [0, 0.05) is 11.8 Å². The molecule has 9 heteroatoms. The number of aromatic nitrogens is 2. The number of rotatable bonds is 6. The molecule has 168 valence electrons. The Balaban J connectivity index is 1.47. The van der Waals surface area contributed by atoms with Gasteiger partial charge in [-0.05, 0) is 41.8 Å². The molecule has 3 amide bonds. The van der Waals surface area contributed by atoms with Gasteiger partial charge >= 0.3 is 6.03 Å². The van der Waals surface area contributed by atoms with E-state index in [1.165, 1.54) is 12.1 Å². The number of benzene rings is 2. The zero-order chi connectivity index (χ0) is 23.5. The first-order valence-corrected chi connectivity index (χ1v) is 10.3. The fraction of sp³-hybridized carbons (Fsp3) is 0.125. The van der Waals surface area contributed by atoms with Crippen LogP contribution in [0.1, 0.15) is 24.1 Å². The Labute approximate surface area is 190 Å². The lowest BCUT2D eigenvalue weighted by Gasteiger charge is -2.22. The Hall–Kier alpha value is -4.40. The highest BCUT2D eigenvalue weighted by Gasteiger charge is 2.25. The number of nitrogens with two attached hydrogens (primary N) is 1. The summed E-state index contributed by atoms with van der Waals surface area (Å²) in [5.41, 5.74) is 9.76. The maximum absolute atomic E-state index is 13.1. The van der Waals surface area contributed by atoms with Crippen molar-refractivity contribution in [3.8, 4) is 11.1 Å². The summed E-state index contributed by atoms with van der Waals surface area (Å²) in [6, 6.07) is 13.1. The fourth-order valence-corrected chi connectivity index (χ4v) is 3.46. The van der Waals surface area contributed by atoms with Crippen molar-refractivity contribution >= 4 is 11.9 Å². The lowest BCUT2D eigenvalue weighted by atomic mass is 10.0. The summed E-state index contributed by atoms with van der Waals surface area (Å²) >= 11 is 0. The SMILES string of the molecule is C=C1NC(=O)NC(C(=O)N[C@H](C)c2cccc(-c3cnn(Cc4ccc(F)cc4)c3)c2)=C1N. The van der Waals surface area contributed by atoms with Gasteiger partial charge in [0.15, 0.2) is 0 Å². The van der Waals surface area contributed by atoms with Crippen LogP contribution in [0.2, 0.25) is 0 Å². The average Bonchev–Trinajstić information content (AvgIpc) is 3.26. The van der Waals surface area contributed by atoms with E-state index in [1.54, 1.807) is 23.0 Å². The lowest BCUT2D eigenvalue weighted by Crippen LogP contribution is -2.47. The quantitative estimate of drug-likeness (QED) is 0.466. The Kier molecular flexibility index (Phi) is 5.95. The van der Waals surface area contributed by atoms with Crippen molar-refractivity contribution in [1.29, 1.82) is 0 Å². The van der Waals surface area contributed by atoms with E-state index in [4.69, 9.17) is 5.73 Å². The first kappa shape index (κ1) is 21.8. The highest BCUT2D eigenvalue weighted by atomic mass is 19.1. The minimum Gasteiger partial charge on any atom is -0.395 e. The molecule has 8 nitrogen and oxygen atoms in total. The van der Waals surface area contributed by atoms with Crippen molar-refractivity contribution in [2.45, 2.75) is 19.5 Å². The molecule has 0 radical (unpaired) electrons. The second-order valence-corrected chi connectivity index (χ2v) is 7.72. The maximum atomic E-state index is 13.1. The molecule has 0 bridgehead atoms. The topological polar surface area (TPSA) is 114 Å². The van der Waals surface area contributed by atoms with Gasteiger partial charge in [0.1, 0.15) is 11.5 Å². The third kappa shape index (κ3) is 4.93. The highest BCUT2D eigenvalue weighted by Crippen LogP contribution is 2.24. The second kappa shape index (κ2) is 8.99. The van der Waals surface area contributed by atoms with Crippen LogP contribution in [0.15, 0.2) is 84.6 Å². The Morgan fingerprint density at radius 3 is 2.73 bits per heavy atom. The molecule has 1 atom stereocenters. The van der Waals surface area contributed by atoms with Gasteiger partial charge in [-0.15, -0.1) is 0 Å². The molecule has 0 unspecified atom stereocenters. The van der Waals surface area contributed by atoms with Gasteiger partial charge in [0.05, 0.1) is 30.2 Å². The normalized spacial score (nSPS) is 14.5. The maximum Gasteiger partial charge on any atom is 0.323 e. The largest absolute Gasteiger partial charge is 0.395 e. The number of amides is 3. The summed E-state index contributed by atoms with van der Waals surface area (Å²) in [6.07, 6.45) is 3.67. The van der Waals surface area contributed by atoms with Gasteiger partial charge in [0.25, 0.3) is 5.91 Å². The molecule has 33 heavy (non-hydrogen) atoms. The van der Waals surface area contributed by atoms with Crippen LogP contribution in [-0.4, -0.2) is 21.7 Å². The number of carbonyl (C=O) groups is 2. The van der Waals surface area contributed by atoms with Crippen LogP contribution in [0, 0.1) is 5.82 Å². The predicted octanol–water partition coefficient (Wildman–Crippen LogP) is 2.91. The minimum absolute atomic E-state index is 0.0335. The van der Waals surface area contributed by atoms with E-state index in [1.807, 2.05) is 37.4 Å². The van der Waals surface area contributed by atoms with Crippen LogP contribution in [0.5, 0.6) is 0 Å². The van der Waals surface area contributed by atoms with E-state index in [0.717, 1.165) is 22.3 Å². The lowest BCUT2D eigenvalue weighted by molar-refractivity contribution is -0.118. The van der Waals surface area contributed by atoms with Gasteiger partial charge in [-0.2, -0.15) is 5.10 Å². The van der Waals surface area contributed by atoms with E-state index in [9.17, 15) is 14.0 Å². The molecule has 0 saturated carbocycles. The zero-order valence-corrected chi connectivity index (χ0v) is 17.9. The van der Waals surface area contributed by atoms with E-state index in [-0.39, 0.29) is 29.0 Å². The summed E-state index contributed by atoms with van der Waals surface area (Å²) in [7, 11) is 0. The van der Waals surface area contributed by atoms with Crippen molar-refractivity contribution in [1.82, 2.24) is 25.7 Å². The van der Waals surface area contributed by atoms with Crippen molar-refractivity contribution < 1.29 is 14.0 Å². The standard InChI is InChI=1S/C24H23FN6O2/c1-14(28-23(32)22-21(26)15(2)29-24(33)30-22)17-4-3-5-18(10-17)19-11-27-31(13-19)12-16-6-8-20(25)9-7-16/h3-11,13-14H,2,12,26H2,1H3,(H,28,32)(H2,29,30,33)/t14-/m1/s1. The number of carbonyl (C=O) groups excluding carboxylic acids is 2. The summed E-state index contributed by atoms with van der Waals surface area (Å²) in [4.78, 5) is 24.3. The monoisotopic (exact) mass is 446 g/mol. The second-order valence-electron chi connectivity index (χ2n) is 7.72. The average molecular weight is 446 g/mol. The van der Waals surface area contributed by atoms with E-state index >= 15 is 0 Å². The molecule has 1 aliphatic heterocycles. The predicted molar refractivity (Wildman–Crippen MR) is 122 cm³/mol. The summed E-state index contributed by atoms with van der Waals surface area (Å²) in [5, 5.41) is 12.1. The van der Waals surface area contributed by atoms with Crippen LogP contribution in [0.3, 0.4) is 0 Å². The van der Waals surface area contributed by atoms with Gasteiger partial charge in [-0.3, -0.25) is 9.48 Å². The van der Waals surface area contributed by atoms with Gasteiger partial charge in [-0.1, -0.05) is 36.9 Å². The number of nitrogens with zero attached hydrogens (tertiary/aromatic N) is 2. The van der Waals surface area contributed by atoms with E-state index in [0.29, 0.717) is 6.54 Å². The fourth-order valence-electron chi connectivity index (χ4n) is 3.46. The van der Waals surface area contributed by atoms with Gasteiger partial charge in [0.2, 0.25) is 0 Å². The zero-order valence-electron chi connectivity index (χ0n) is 17.9. The molecule has 0 spiro atoms. The van der Waals surface area contributed by atoms with E-state index < -0.39 is 11.9 Å². The van der Waals surface area contributed by atoms with E-state index in [2.05, 4.69) is 27.6 Å². The van der Waals surface area contributed by atoms with Crippen molar-refractivity contribution in [2.24, 2.45) is 5.73 Å². The van der Waals surface area contributed by atoms with Crippen molar-refractivity contribution in [3.05, 3.63) is 102 Å². The molecule has 0 fully saturated rings. The summed E-state index contributed by atoms with van der Waals surface area (Å²) < 4.78 is 14.9. The minimum atomic E-state index is -0.563.